The van der Waals surface area contributed by atoms with Crippen molar-refractivity contribution in [3.8, 4) is 0 Å². The fourth-order valence-electron chi connectivity index (χ4n) is 4.53. The number of nitrogens with zero attached hydrogens (tertiary/aromatic N) is 2. The van der Waals surface area contributed by atoms with Gasteiger partial charge in [0.1, 0.15) is 0 Å². The summed E-state index contributed by atoms with van der Waals surface area (Å²) in [6.45, 7) is 6.49. The third kappa shape index (κ3) is 7.28. The Labute approximate surface area is 233 Å². The SMILES string of the molecule is C[C@@H]1CN(CCC(C)(C(=O)NCCc2ccc(Cl)c(Cl)c2)c2ccc(Cl)c(Cl)c2)CCN1S(C)(=O)=O. The van der Waals surface area contributed by atoms with Crippen molar-refractivity contribution in [2.75, 3.05) is 39.0 Å². The van der Waals surface area contributed by atoms with Crippen LogP contribution in [0.25, 0.3) is 0 Å². The van der Waals surface area contributed by atoms with Crippen LogP contribution in [0.1, 0.15) is 31.4 Å². The molecule has 0 aliphatic carbocycles. The number of carbonyl (C=O) groups excluding carboxylic acids is 1. The van der Waals surface area contributed by atoms with E-state index in [0.717, 1.165) is 11.1 Å². The zero-order chi connectivity index (χ0) is 26.7. The molecule has 1 fully saturated rings. The van der Waals surface area contributed by atoms with Gasteiger partial charge in [0.05, 0.1) is 31.8 Å². The average Bonchev–Trinajstić information content (AvgIpc) is 2.80. The minimum Gasteiger partial charge on any atom is -0.355 e. The Balaban J connectivity index is 1.72. The first-order valence-corrected chi connectivity index (χ1v) is 15.0. The Hall–Kier alpha value is -1.06. The highest BCUT2D eigenvalue weighted by molar-refractivity contribution is 7.88. The molecule has 0 spiro atoms. The number of carbonyl (C=O) groups is 1. The van der Waals surface area contributed by atoms with Crippen LogP contribution in [0.15, 0.2) is 36.4 Å². The Morgan fingerprint density at radius 2 is 1.67 bits per heavy atom. The Kier molecular flexibility index (Phi) is 10.00. The van der Waals surface area contributed by atoms with Crippen LogP contribution in [0.4, 0.5) is 0 Å². The monoisotopic (exact) mass is 593 g/mol. The molecule has 1 N–H and O–H groups in total. The van der Waals surface area contributed by atoms with Gasteiger partial charge in [0.25, 0.3) is 0 Å². The number of sulfonamides is 1. The van der Waals surface area contributed by atoms with Crippen LogP contribution < -0.4 is 5.32 Å². The average molecular weight is 595 g/mol. The molecule has 2 aromatic rings. The molecule has 0 saturated carbocycles. The summed E-state index contributed by atoms with van der Waals surface area (Å²) in [7, 11) is -3.25. The summed E-state index contributed by atoms with van der Waals surface area (Å²) >= 11 is 24.5. The predicted octanol–water partition coefficient (Wildman–Crippen LogP) is 5.27. The van der Waals surface area contributed by atoms with Crippen molar-refractivity contribution in [1.82, 2.24) is 14.5 Å². The number of nitrogens with one attached hydrogen (secondary N) is 1. The fourth-order valence-corrected chi connectivity index (χ4v) is 6.29. The first-order valence-electron chi connectivity index (χ1n) is 11.7. The first-order chi connectivity index (χ1) is 16.8. The van der Waals surface area contributed by atoms with Crippen molar-refractivity contribution in [1.29, 1.82) is 0 Å². The lowest BCUT2D eigenvalue weighted by Gasteiger charge is -2.40. The maximum Gasteiger partial charge on any atom is 0.230 e. The van der Waals surface area contributed by atoms with Gasteiger partial charge in [-0.2, -0.15) is 4.31 Å². The molecule has 1 saturated heterocycles. The summed E-state index contributed by atoms with van der Waals surface area (Å²) in [5.74, 6) is -0.122. The lowest BCUT2D eigenvalue weighted by Crippen LogP contribution is -2.54. The highest BCUT2D eigenvalue weighted by atomic mass is 35.5. The van der Waals surface area contributed by atoms with Gasteiger partial charge in [-0.3, -0.25) is 4.79 Å². The van der Waals surface area contributed by atoms with E-state index >= 15 is 0 Å². The summed E-state index contributed by atoms with van der Waals surface area (Å²) < 4.78 is 25.5. The number of hydrogen-bond donors (Lipinski definition) is 1. The normalized spacial score (nSPS) is 19.1. The lowest BCUT2D eigenvalue weighted by molar-refractivity contribution is -0.126. The molecule has 1 heterocycles. The van der Waals surface area contributed by atoms with Crippen LogP contribution >= 0.6 is 46.4 Å². The maximum atomic E-state index is 13.6. The predicted molar refractivity (Wildman–Crippen MR) is 149 cm³/mol. The molecule has 0 bridgehead atoms. The Bertz CT molecular complexity index is 1210. The van der Waals surface area contributed by atoms with Crippen LogP contribution in [0.5, 0.6) is 0 Å². The molecule has 0 aromatic heterocycles. The van der Waals surface area contributed by atoms with Gasteiger partial charge >= 0.3 is 0 Å². The van der Waals surface area contributed by atoms with E-state index in [1.165, 1.54) is 10.6 Å². The fraction of sp³-hybridized carbons (Fsp3) is 0.480. The van der Waals surface area contributed by atoms with E-state index in [2.05, 4.69) is 10.2 Å². The second-order valence-corrected chi connectivity index (χ2v) is 13.1. The van der Waals surface area contributed by atoms with E-state index in [1.54, 1.807) is 24.3 Å². The quantitative estimate of drug-likeness (QED) is 0.429. The van der Waals surface area contributed by atoms with E-state index in [4.69, 9.17) is 46.4 Å². The van der Waals surface area contributed by atoms with Crippen LogP contribution in [0.3, 0.4) is 0 Å². The van der Waals surface area contributed by atoms with Gasteiger partial charge in [0.15, 0.2) is 0 Å². The van der Waals surface area contributed by atoms with Crippen LogP contribution in [0.2, 0.25) is 20.1 Å². The second-order valence-electron chi connectivity index (χ2n) is 9.49. The summed E-state index contributed by atoms with van der Waals surface area (Å²) in [6.07, 6.45) is 2.36. The molecule has 2 atom stereocenters. The van der Waals surface area contributed by atoms with Crippen molar-refractivity contribution in [3.63, 3.8) is 0 Å². The van der Waals surface area contributed by atoms with Gasteiger partial charge < -0.3 is 10.2 Å². The molecule has 0 radical (unpaired) electrons. The van der Waals surface area contributed by atoms with Gasteiger partial charge in [-0.15, -0.1) is 0 Å². The second kappa shape index (κ2) is 12.2. The number of hydrogen-bond acceptors (Lipinski definition) is 4. The number of benzene rings is 2. The maximum absolute atomic E-state index is 13.6. The molecule has 1 amide bonds. The first kappa shape index (κ1) is 29.5. The van der Waals surface area contributed by atoms with E-state index in [1.807, 2.05) is 26.0 Å². The molecule has 11 heteroatoms. The molecule has 36 heavy (non-hydrogen) atoms. The molecule has 1 aliphatic rings. The van der Waals surface area contributed by atoms with E-state index in [-0.39, 0.29) is 11.9 Å². The van der Waals surface area contributed by atoms with Gasteiger partial charge in [-0.25, -0.2) is 8.42 Å². The van der Waals surface area contributed by atoms with Crippen LogP contribution in [-0.2, 0) is 26.7 Å². The smallest absolute Gasteiger partial charge is 0.230 e. The van der Waals surface area contributed by atoms with Gasteiger partial charge in [-0.1, -0.05) is 58.5 Å². The zero-order valence-corrected chi connectivity index (χ0v) is 24.4. The molecular weight excluding hydrogens is 564 g/mol. The van der Waals surface area contributed by atoms with Gasteiger partial charge in [0, 0.05) is 32.2 Å². The molecule has 1 unspecified atom stereocenters. The Morgan fingerprint density at radius 3 is 2.25 bits per heavy atom. The standard InChI is InChI=1S/C25H31Cl4N3O3S/c1-17-16-31(12-13-32(17)36(3,34)35)11-9-25(2,19-5-7-21(27)23(29)15-19)24(33)30-10-8-18-4-6-20(26)22(28)14-18/h4-7,14-15,17H,8-13,16H2,1-3H3,(H,30,33)/t17-,25?/m1/s1. The topological polar surface area (TPSA) is 69.7 Å². The molecule has 3 rings (SSSR count). The van der Waals surface area contributed by atoms with E-state index < -0.39 is 15.4 Å². The highest BCUT2D eigenvalue weighted by Crippen LogP contribution is 2.33. The summed E-state index contributed by atoms with van der Waals surface area (Å²) in [5, 5.41) is 4.84. The highest BCUT2D eigenvalue weighted by Gasteiger charge is 2.37. The minimum absolute atomic E-state index is 0.122. The van der Waals surface area contributed by atoms with Crippen molar-refractivity contribution in [3.05, 3.63) is 67.6 Å². The third-order valence-electron chi connectivity index (χ3n) is 6.75. The zero-order valence-electron chi connectivity index (χ0n) is 20.5. The van der Waals surface area contributed by atoms with Crippen molar-refractivity contribution < 1.29 is 13.2 Å². The molecular formula is C25H31Cl4N3O3S. The van der Waals surface area contributed by atoms with Crippen molar-refractivity contribution >= 4 is 62.3 Å². The summed E-state index contributed by atoms with van der Waals surface area (Å²) in [4.78, 5) is 15.8. The number of rotatable bonds is 9. The summed E-state index contributed by atoms with van der Waals surface area (Å²) in [5.41, 5.74) is 0.869. The molecule has 198 valence electrons. The van der Waals surface area contributed by atoms with E-state index in [0.29, 0.717) is 65.7 Å². The number of amides is 1. The largest absolute Gasteiger partial charge is 0.355 e. The number of piperazine rings is 1. The molecule has 6 nitrogen and oxygen atoms in total. The van der Waals surface area contributed by atoms with Crippen molar-refractivity contribution in [2.45, 2.75) is 38.1 Å². The minimum atomic E-state index is -3.25. The van der Waals surface area contributed by atoms with Gasteiger partial charge in [-0.05, 0) is 68.6 Å². The summed E-state index contributed by atoms with van der Waals surface area (Å²) in [6, 6.07) is 10.6. The number of halogens is 4. The van der Waals surface area contributed by atoms with E-state index in [9.17, 15) is 13.2 Å². The van der Waals surface area contributed by atoms with Gasteiger partial charge in [0.2, 0.25) is 15.9 Å². The third-order valence-corrected chi connectivity index (χ3v) is 9.62. The van der Waals surface area contributed by atoms with Crippen LogP contribution in [-0.4, -0.2) is 68.6 Å². The molecule has 1 aliphatic heterocycles. The van der Waals surface area contributed by atoms with Crippen LogP contribution in [0, 0.1) is 0 Å². The molecule has 2 aromatic carbocycles. The van der Waals surface area contributed by atoms with Crippen molar-refractivity contribution in [2.24, 2.45) is 0 Å². The lowest BCUT2D eigenvalue weighted by atomic mass is 9.78. The Morgan fingerprint density at radius 1 is 1.03 bits per heavy atom.